The number of hydrogen-bond acceptors (Lipinski definition) is 3. The predicted molar refractivity (Wildman–Crippen MR) is 128 cm³/mol. The minimum atomic E-state index is -0.122. The molecule has 0 saturated carbocycles. The number of carbonyl (C=O) groups excluding carboxylic acids is 1. The maximum absolute atomic E-state index is 12.0. The third-order valence-electron chi connectivity index (χ3n) is 4.78. The van der Waals surface area contributed by atoms with Gasteiger partial charge in [-0.3, -0.25) is 4.79 Å². The summed E-state index contributed by atoms with van der Waals surface area (Å²) in [6.07, 6.45) is 2.64. The number of hydrogen-bond donors (Lipinski definition) is 1. The van der Waals surface area contributed by atoms with Crippen LogP contribution in [-0.4, -0.2) is 18.7 Å². The summed E-state index contributed by atoms with van der Waals surface area (Å²) < 4.78 is 6.73. The zero-order valence-corrected chi connectivity index (χ0v) is 20.5. The molecule has 0 atom stereocenters. The van der Waals surface area contributed by atoms with E-state index in [0.717, 1.165) is 15.8 Å². The van der Waals surface area contributed by atoms with Gasteiger partial charge in [0, 0.05) is 6.42 Å². The molecule has 4 nitrogen and oxygen atoms in total. The standard InChI is InChI=1S/C25H33BrN2O2/c1-24(2,3)19-11-9-18(10-12-19)17-27-28-23(29)8-7-15-30-22-14-13-20(16-21(22)26)25(4,5)6/h9-14,16-17H,7-8,15H2,1-6H3,(H,28,29)/b27-17+. The van der Waals surface area contributed by atoms with E-state index in [1.807, 2.05) is 18.2 Å². The average Bonchev–Trinajstić information content (AvgIpc) is 2.65. The molecule has 0 radical (unpaired) electrons. The van der Waals surface area contributed by atoms with E-state index in [4.69, 9.17) is 4.74 Å². The summed E-state index contributed by atoms with van der Waals surface area (Å²) >= 11 is 3.57. The van der Waals surface area contributed by atoms with Gasteiger partial charge < -0.3 is 4.74 Å². The van der Waals surface area contributed by atoms with Crippen molar-refractivity contribution in [2.45, 2.75) is 65.2 Å². The van der Waals surface area contributed by atoms with E-state index in [1.165, 1.54) is 11.1 Å². The number of hydrazone groups is 1. The number of halogens is 1. The highest BCUT2D eigenvalue weighted by Gasteiger charge is 2.15. The van der Waals surface area contributed by atoms with E-state index in [0.29, 0.717) is 19.4 Å². The summed E-state index contributed by atoms with van der Waals surface area (Å²) in [5, 5.41) is 4.04. The smallest absolute Gasteiger partial charge is 0.240 e. The van der Waals surface area contributed by atoms with Crippen LogP contribution in [0.3, 0.4) is 0 Å². The lowest BCUT2D eigenvalue weighted by molar-refractivity contribution is -0.121. The molecule has 0 aliphatic rings. The number of nitrogens with one attached hydrogen (secondary N) is 1. The van der Waals surface area contributed by atoms with Crippen LogP contribution in [0.5, 0.6) is 5.75 Å². The van der Waals surface area contributed by atoms with Crippen molar-refractivity contribution in [2.24, 2.45) is 5.10 Å². The molecule has 30 heavy (non-hydrogen) atoms. The first-order valence-electron chi connectivity index (χ1n) is 10.3. The Morgan fingerprint density at radius 1 is 1.00 bits per heavy atom. The van der Waals surface area contributed by atoms with Gasteiger partial charge in [-0.2, -0.15) is 5.10 Å². The fraction of sp³-hybridized carbons (Fsp3) is 0.440. The molecule has 0 fully saturated rings. The molecule has 2 aromatic carbocycles. The average molecular weight is 473 g/mol. The molecule has 5 heteroatoms. The third kappa shape index (κ3) is 7.60. The molecule has 2 aromatic rings. The quantitative estimate of drug-likeness (QED) is 0.289. The summed E-state index contributed by atoms with van der Waals surface area (Å²) in [7, 11) is 0. The number of rotatable bonds is 7. The highest BCUT2D eigenvalue weighted by atomic mass is 79.9. The Balaban J connectivity index is 1.73. The van der Waals surface area contributed by atoms with Crippen molar-refractivity contribution in [3.8, 4) is 5.75 Å². The molecule has 0 spiro atoms. The number of carbonyl (C=O) groups is 1. The Labute approximate surface area is 189 Å². The van der Waals surface area contributed by atoms with Gasteiger partial charge in [0.2, 0.25) is 5.91 Å². The van der Waals surface area contributed by atoms with Crippen LogP contribution in [0.4, 0.5) is 0 Å². The predicted octanol–water partition coefficient (Wildman–Crippen LogP) is 6.35. The van der Waals surface area contributed by atoms with Crippen LogP contribution in [0.15, 0.2) is 52.0 Å². The Kier molecular flexibility index (Phi) is 8.25. The number of amides is 1. The highest BCUT2D eigenvalue weighted by Crippen LogP contribution is 2.31. The summed E-state index contributed by atoms with van der Waals surface area (Å²) in [6, 6.07) is 14.3. The number of benzene rings is 2. The Morgan fingerprint density at radius 3 is 2.17 bits per heavy atom. The van der Waals surface area contributed by atoms with E-state index in [1.54, 1.807) is 6.21 Å². The lowest BCUT2D eigenvalue weighted by Crippen LogP contribution is -2.18. The van der Waals surface area contributed by atoms with Crippen LogP contribution < -0.4 is 10.2 Å². The lowest BCUT2D eigenvalue weighted by atomic mass is 9.87. The van der Waals surface area contributed by atoms with Crippen molar-refractivity contribution in [3.05, 3.63) is 63.6 Å². The van der Waals surface area contributed by atoms with E-state index in [-0.39, 0.29) is 16.7 Å². The van der Waals surface area contributed by atoms with Crippen LogP contribution in [0.25, 0.3) is 0 Å². The first-order valence-corrected chi connectivity index (χ1v) is 11.1. The molecule has 1 amide bonds. The molecule has 0 bridgehead atoms. The monoisotopic (exact) mass is 472 g/mol. The van der Waals surface area contributed by atoms with Crippen molar-refractivity contribution in [3.63, 3.8) is 0 Å². The summed E-state index contributed by atoms with van der Waals surface area (Å²) in [4.78, 5) is 12.0. The minimum Gasteiger partial charge on any atom is -0.492 e. The number of nitrogens with zero attached hydrogens (tertiary/aromatic N) is 1. The maximum atomic E-state index is 12.0. The SMILES string of the molecule is CC(C)(C)c1ccc(/C=N/NC(=O)CCCOc2ccc(C(C)(C)C)cc2Br)cc1. The van der Waals surface area contributed by atoms with Crippen LogP contribution in [0, 0.1) is 0 Å². The zero-order valence-electron chi connectivity index (χ0n) is 18.9. The van der Waals surface area contributed by atoms with Crippen LogP contribution in [-0.2, 0) is 15.6 Å². The summed E-state index contributed by atoms with van der Waals surface area (Å²) in [5.41, 5.74) is 6.25. The molecule has 162 valence electrons. The van der Waals surface area contributed by atoms with Gasteiger partial charge >= 0.3 is 0 Å². The van der Waals surface area contributed by atoms with Gasteiger partial charge in [-0.05, 0) is 62.0 Å². The molecule has 0 aromatic heterocycles. The summed E-state index contributed by atoms with van der Waals surface area (Å²) in [5.74, 6) is 0.670. The van der Waals surface area contributed by atoms with Crippen LogP contribution in [0.1, 0.15) is 71.1 Å². The van der Waals surface area contributed by atoms with E-state index < -0.39 is 0 Å². The van der Waals surface area contributed by atoms with Gasteiger partial charge in [-0.25, -0.2) is 5.43 Å². The molecule has 0 heterocycles. The normalized spacial score (nSPS) is 12.2. The lowest BCUT2D eigenvalue weighted by Gasteiger charge is -2.20. The van der Waals surface area contributed by atoms with E-state index in [2.05, 4.69) is 92.3 Å². The van der Waals surface area contributed by atoms with E-state index in [9.17, 15) is 4.79 Å². The van der Waals surface area contributed by atoms with Gasteiger partial charge in [-0.1, -0.05) is 71.9 Å². The molecule has 0 aliphatic carbocycles. The molecular weight excluding hydrogens is 440 g/mol. The molecule has 0 saturated heterocycles. The molecular formula is C25H33BrN2O2. The maximum Gasteiger partial charge on any atom is 0.240 e. The zero-order chi connectivity index (χ0) is 22.4. The largest absolute Gasteiger partial charge is 0.492 e. The van der Waals surface area contributed by atoms with Gasteiger partial charge in [0.15, 0.2) is 0 Å². The second-order valence-corrected chi connectivity index (χ2v) is 10.4. The van der Waals surface area contributed by atoms with Crippen LogP contribution in [0.2, 0.25) is 0 Å². The van der Waals surface area contributed by atoms with Crippen LogP contribution >= 0.6 is 15.9 Å². The van der Waals surface area contributed by atoms with Crippen molar-refractivity contribution in [1.82, 2.24) is 5.43 Å². The first kappa shape index (κ1) is 24.1. The van der Waals surface area contributed by atoms with E-state index >= 15 is 0 Å². The molecule has 1 N–H and O–H groups in total. The van der Waals surface area contributed by atoms with Crippen molar-refractivity contribution in [1.29, 1.82) is 0 Å². The van der Waals surface area contributed by atoms with Crippen molar-refractivity contribution >= 4 is 28.1 Å². The van der Waals surface area contributed by atoms with Crippen molar-refractivity contribution < 1.29 is 9.53 Å². The highest BCUT2D eigenvalue weighted by molar-refractivity contribution is 9.10. The van der Waals surface area contributed by atoms with Gasteiger partial charge in [-0.15, -0.1) is 0 Å². The third-order valence-corrected chi connectivity index (χ3v) is 5.40. The van der Waals surface area contributed by atoms with Gasteiger partial charge in [0.1, 0.15) is 5.75 Å². The first-order chi connectivity index (χ1) is 14.0. The second kappa shape index (κ2) is 10.3. The summed E-state index contributed by atoms with van der Waals surface area (Å²) in [6.45, 7) is 13.5. The molecule has 0 unspecified atom stereocenters. The van der Waals surface area contributed by atoms with Gasteiger partial charge in [0.05, 0.1) is 17.3 Å². The topological polar surface area (TPSA) is 50.7 Å². The molecule has 0 aliphatic heterocycles. The van der Waals surface area contributed by atoms with Crippen molar-refractivity contribution in [2.75, 3.05) is 6.61 Å². The Hall–Kier alpha value is -2.14. The fourth-order valence-electron chi connectivity index (χ4n) is 2.80. The fourth-order valence-corrected chi connectivity index (χ4v) is 3.30. The minimum absolute atomic E-state index is 0.0916. The Morgan fingerprint density at radius 2 is 1.60 bits per heavy atom. The Bertz CT molecular complexity index is 876. The second-order valence-electron chi connectivity index (χ2n) is 9.51. The van der Waals surface area contributed by atoms with Gasteiger partial charge in [0.25, 0.3) is 0 Å². The number of ether oxygens (including phenoxy) is 1. The molecule has 2 rings (SSSR count).